The number of hydrogen-bond acceptors (Lipinski definition) is 3. The molecule has 0 bridgehead atoms. The molecule has 0 saturated carbocycles. The van der Waals surface area contributed by atoms with Crippen LogP contribution in [0.2, 0.25) is 10.0 Å². The summed E-state index contributed by atoms with van der Waals surface area (Å²) in [7, 11) is 0. The number of oxazole rings is 1. The van der Waals surface area contributed by atoms with Crippen molar-refractivity contribution in [1.82, 2.24) is 4.98 Å². The predicted octanol–water partition coefficient (Wildman–Crippen LogP) is 6.57. The Morgan fingerprint density at radius 2 is 1.68 bits per heavy atom. The molecule has 6 heteroatoms. The minimum absolute atomic E-state index is 0.266. The standard InChI is InChI=1S/C22H14Cl2N2O2/c23-16-5-3-4-15(12-16)20-13-28-22(26-20)14-8-10-17(11-9-14)25-21(27)18-6-1-2-7-19(18)24/h1-13H,(H,25,27). The molecule has 0 aliphatic heterocycles. The van der Waals surface area contributed by atoms with Gasteiger partial charge < -0.3 is 9.73 Å². The maximum Gasteiger partial charge on any atom is 0.257 e. The van der Waals surface area contributed by atoms with Crippen LogP contribution in [0.1, 0.15) is 10.4 Å². The van der Waals surface area contributed by atoms with E-state index in [0.717, 1.165) is 11.1 Å². The van der Waals surface area contributed by atoms with Crippen LogP contribution in [0, 0.1) is 0 Å². The van der Waals surface area contributed by atoms with E-state index in [4.69, 9.17) is 27.6 Å². The number of anilines is 1. The topological polar surface area (TPSA) is 55.1 Å². The van der Waals surface area contributed by atoms with Crippen molar-refractivity contribution in [3.8, 4) is 22.7 Å². The Kier molecular flexibility index (Phi) is 5.15. The van der Waals surface area contributed by atoms with Gasteiger partial charge in [-0.05, 0) is 48.5 Å². The number of carbonyl (C=O) groups excluding carboxylic acids is 1. The summed E-state index contributed by atoms with van der Waals surface area (Å²) in [5, 5.41) is 3.87. The van der Waals surface area contributed by atoms with Crippen molar-refractivity contribution in [3.05, 3.63) is 94.7 Å². The van der Waals surface area contributed by atoms with Gasteiger partial charge in [0.1, 0.15) is 12.0 Å². The minimum atomic E-state index is -0.266. The summed E-state index contributed by atoms with van der Waals surface area (Å²) >= 11 is 12.1. The summed E-state index contributed by atoms with van der Waals surface area (Å²) in [5.74, 6) is 0.219. The van der Waals surface area contributed by atoms with Crippen LogP contribution in [0.3, 0.4) is 0 Å². The van der Waals surface area contributed by atoms with Crippen molar-refractivity contribution >= 4 is 34.8 Å². The summed E-state index contributed by atoms with van der Waals surface area (Å²) in [6, 6.07) is 21.6. The molecule has 1 aromatic heterocycles. The Hall–Kier alpha value is -3.08. The Labute approximate surface area is 171 Å². The van der Waals surface area contributed by atoms with Crippen molar-refractivity contribution < 1.29 is 9.21 Å². The maximum atomic E-state index is 12.3. The lowest BCUT2D eigenvalue weighted by Gasteiger charge is -2.07. The first-order chi connectivity index (χ1) is 13.6. The Morgan fingerprint density at radius 1 is 0.893 bits per heavy atom. The summed E-state index contributed by atoms with van der Waals surface area (Å²) in [6.45, 7) is 0. The normalized spacial score (nSPS) is 10.6. The van der Waals surface area contributed by atoms with E-state index < -0.39 is 0 Å². The lowest BCUT2D eigenvalue weighted by atomic mass is 10.1. The minimum Gasteiger partial charge on any atom is -0.444 e. The second-order valence-electron chi connectivity index (χ2n) is 6.06. The molecule has 4 aromatic rings. The van der Waals surface area contributed by atoms with E-state index in [1.807, 2.05) is 36.4 Å². The van der Waals surface area contributed by atoms with Gasteiger partial charge in [-0.15, -0.1) is 0 Å². The zero-order valence-electron chi connectivity index (χ0n) is 14.5. The van der Waals surface area contributed by atoms with Crippen molar-refractivity contribution in [3.63, 3.8) is 0 Å². The third-order valence-corrected chi connectivity index (χ3v) is 4.70. The van der Waals surface area contributed by atoms with E-state index in [2.05, 4.69) is 10.3 Å². The van der Waals surface area contributed by atoms with Crippen molar-refractivity contribution in [1.29, 1.82) is 0 Å². The average molecular weight is 409 g/mol. The number of hydrogen-bond donors (Lipinski definition) is 1. The van der Waals surface area contributed by atoms with Crippen molar-refractivity contribution in [2.75, 3.05) is 5.32 Å². The number of nitrogens with one attached hydrogen (secondary N) is 1. The zero-order valence-corrected chi connectivity index (χ0v) is 16.0. The van der Waals surface area contributed by atoms with Crippen LogP contribution in [-0.4, -0.2) is 10.9 Å². The Balaban J connectivity index is 1.51. The highest BCUT2D eigenvalue weighted by molar-refractivity contribution is 6.34. The Bertz CT molecular complexity index is 1140. The summed E-state index contributed by atoms with van der Waals surface area (Å²) in [4.78, 5) is 16.9. The molecule has 0 saturated heterocycles. The fraction of sp³-hybridized carbons (Fsp3) is 0. The van der Waals surface area contributed by atoms with Crippen LogP contribution in [-0.2, 0) is 0 Å². The van der Waals surface area contributed by atoms with Gasteiger partial charge in [-0.3, -0.25) is 4.79 Å². The number of nitrogens with zero attached hydrogens (tertiary/aromatic N) is 1. The molecule has 0 unspecified atom stereocenters. The van der Waals surface area contributed by atoms with Crippen LogP contribution in [0.5, 0.6) is 0 Å². The fourth-order valence-corrected chi connectivity index (χ4v) is 3.14. The van der Waals surface area contributed by atoms with Crippen LogP contribution in [0.4, 0.5) is 5.69 Å². The first kappa shape index (κ1) is 18.3. The number of carbonyl (C=O) groups is 1. The maximum absolute atomic E-state index is 12.3. The van der Waals surface area contributed by atoms with E-state index in [1.165, 1.54) is 0 Å². The van der Waals surface area contributed by atoms with E-state index in [9.17, 15) is 4.79 Å². The molecular formula is C22H14Cl2N2O2. The van der Waals surface area contributed by atoms with Crippen LogP contribution in [0.25, 0.3) is 22.7 Å². The molecule has 138 valence electrons. The van der Waals surface area contributed by atoms with Gasteiger partial charge in [0.15, 0.2) is 0 Å². The molecule has 0 aliphatic carbocycles. The van der Waals surface area contributed by atoms with Crippen molar-refractivity contribution in [2.45, 2.75) is 0 Å². The molecule has 0 fully saturated rings. The highest BCUT2D eigenvalue weighted by Crippen LogP contribution is 2.27. The van der Waals surface area contributed by atoms with Gasteiger partial charge in [-0.2, -0.15) is 0 Å². The van der Waals surface area contributed by atoms with Crippen LogP contribution in [0.15, 0.2) is 83.5 Å². The second kappa shape index (κ2) is 7.89. The molecular weight excluding hydrogens is 395 g/mol. The number of halogens is 2. The third kappa shape index (κ3) is 3.93. The second-order valence-corrected chi connectivity index (χ2v) is 6.90. The molecule has 28 heavy (non-hydrogen) atoms. The lowest BCUT2D eigenvalue weighted by Crippen LogP contribution is -2.12. The number of amides is 1. The average Bonchev–Trinajstić information content (AvgIpc) is 3.19. The SMILES string of the molecule is O=C(Nc1ccc(-c2nc(-c3cccc(Cl)c3)co2)cc1)c1ccccc1Cl. The number of rotatable bonds is 4. The molecule has 0 spiro atoms. The number of benzene rings is 3. The van der Waals surface area contributed by atoms with E-state index in [-0.39, 0.29) is 5.91 Å². The molecule has 4 rings (SSSR count). The molecule has 1 N–H and O–H groups in total. The van der Waals surface area contributed by atoms with E-state index in [1.54, 1.807) is 42.7 Å². The smallest absolute Gasteiger partial charge is 0.257 e. The molecule has 3 aromatic carbocycles. The van der Waals surface area contributed by atoms with Gasteiger partial charge in [-0.1, -0.05) is 47.5 Å². The molecule has 0 aliphatic rings. The Morgan fingerprint density at radius 3 is 2.43 bits per heavy atom. The van der Waals surface area contributed by atoms with Gasteiger partial charge in [0, 0.05) is 21.8 Å². The lowest BCUT2D eigenvalue weighted by molar-refractivity contribution is 0.102. The van der Waals surface area contributed by atoms with Gasteiger partial charge in [0.25, 0.3) is 5.91 Å². The van der Waals surface area contributed by atoms with Crippen LogP contribution >= 0.6 is 23.2 Å². The van der Waals surface area contributed by atoms with Crippen molar-refractivity contribution in [2.24, 2.45) is 0 Å². The highest BCUT2D eigenvalue weighted by Gasteiger charge is 2.11. The summed E-state index contributed by atoms with van der Waals surface area (Å²) in [6.07, 6.45) is 1.59. The zero-order chi connectivity index (χ0) is 19.5. The molecule has 0 atom stereocenters. The molecule has 1 heterocycles. The van der Waals surface area contributed by atoms with E-state index >= 15 is 0 Å². The largest absolute Gasteiger partial charge is 0.444 e. The molecule has 0 radical (unpaired) electrons. The van der Waals surface area contributed by atoms with Crippen LogP contribution < -0.4 is 5.32 Å². The highest BCUT2D eigenvalue weighted by atomic mass is 35.5. The van der Waals surface area contributed by atoms with Gasteiger partial charge >= 0.3 is 0 Å². The fourth-order valence-electron chi connectivity index (χ4n) is 2.73. The predicted molar refractivity (Wildman–Crippen MR) is 112 cm³/mol. The molecule has 4 nitrogen and oxygen atoms in total. The van der Waals surface area contributed by atoms with Gasteiger partial charge in [0.2, 0.25) is 5.89 Å². The van der Waals surface area contributed by atoms with Gasteiger partial charge in [0.05, 0.1) is 10.6 Å². The van der Waals surface area contributed by atoms with Gasteiger partial charge in [-0.25, -0.2) is 4.98 Å². The monoisotopic (exact) mass is 408 g/mol. The quantitative estimate of drug-likeness (QED) is 0.415. The first-order valence-corrected chi connectivity index (χ1v) is 9.23. The summed E-state index contributed by atoms with van der Waals surface area (Å²) in [5.41, 5.74) is 3.45. The third-order valence-electron chi connectivity index (χ3n) is 4.13. The molecule has 1 amide bonds. The summed E-state index contributed by atoms with van der Waals surface area (Å²) < 4.78 is 5.59. The number of aromatic nitrogens is 1. The van der Waals surface area contributed by atoms with E-state index in [0.29, 0.717) is 32.9 Å². The first-order valence-electron chi connectivity index (χ1n) is 8.48.